The number of amides is 3. The quantitative estimate of drug-likeness (QED) is 0.289. The number of nitro groups is 1. The van der Waals surface area contributed by atoms with Crippen molar-refractivity contribution in [3.8, 4) is 11.5 Å². The van der Waals surface area contributed by atoms with Gasteiger partial charge >= 0.3 is 12.0 Å². The van der Waals surface area contributed by atoms with Crippen LogP contribution in [0, 0.1) is 10.1 Å². The zero-order valence-corrected chi connectivity index (χ0v) is 22.1. The van der Waals surface area contributed by atoms with Crippen molar-refractivity contribution in [2.24, 2.45) is 0 Å². The third-order valence-corrected chi connectivity index (χ3v) is 6.36. The number of urea groups is 1. The Labute approximate surface area is 225 Å². The van der Waals surface area contributed by atoms with Gasteiger partial charge in [0, 0.05) is 43.5 Å². The summed E-state index contributed by atoms with van der Waals surface area (Å²) in [6.07, 6.45) is -0.0394. The molecule has 206 valence electrons. The average Bonchev–Trinajstić information content (AvgIpc) is 3.36. The van der Waals surface area contributed by atoms with Gasteiger partial charge in [-0.3, -0.25) is 14.9 Å². The lowest BCUT2D eigenvalue weighted by Gasteiger charge is -2.38. The summed E-state index contributed by atoms with van der Waals surface area (Å²) >= 11 is 0. The van der Waals surface area contributed by atoms with Gasteiger partial charge in [-0.05, 0) is 51.0 Å². The number of rotatable bonds is 9. The molecular formula is C27H30N4O8. The monoisotopic (exact) mass is 538 g/mol. The van der Waals surface area contributed by atoms with Gasteiger partial charge in [-0.2, -0.15) is 0 Å². The van der Waals surface area contributed by atoms with Crippen LogP contribution in [-0.2, 0) is 9.53 Å². The lowest BCUT2D eigenvalue weighted by atomic mass is 9.93. The number of esters is 1. The van der Waals surface area contributed by atoms with E-state index in [0.29, 0.717) is 41.3 Å². The Hall–Kier alpha value is -4.61. The first-order valence-electron chi connectivity index (χ1n) is 12.5. The maximum absolute atomic E-state index is 13.1. The molecular weight excluding hydrogens is 508 g/mol. The van der Waals surface area contributed by atoms with Crippen molar-refractivity contribution in [1.29, 1.82) is 0 Å². The molecule has 2 heterocycles. The van der Waals surface area contributed by atoms with E-state index in [0.717, 1.165) is 0 Å². The van der Waals surface area contributed by atoms with Gasteiger partial charge in [-0.15, -0.1) is 0 Å². The molecule has 0 aliphatic carbocycles. The Morgan fingerprint density at radius 2 is 1.95 bits per heavy atom. The largest absolute Gasteiger partial charge is 0.459 e. The summed E-state index contributed by atoms with van der Waals surface area (Å²) in [5.41, 5.74) is 1.17. The molecule has 12 nitrogen and oxygen atoms in total. The van der Waals surface area contributed by atoms with Crippen molar-refractivity contribution in [2.45, 2.75) is 39.3 Å². The van der Waals surface area contributed by atoms with Crippen LogP contribution in [0.1, 0.15) is 49.2 Å². The topological polar surface area (TPSA) is 141 Å². The van der Waals surface area contributed by atoms with E-state index in [4.69, 9.17) is 14.2 Å². The Kier molecular flexibility index (Phi) is 8.03. The summed E-state index contributed by atoms with van der Waals surface area (Å²) < 4.78 is 16.1. The number of carbonyl (C=O) groups excluding carboxylic acids is 3. The highest BCUT2D eigenvalue weighted by molar-refractivity contribution is 5.95. The Morgan fingerprint density at radius 3 is 2.67 bits per heavy atom. The summed E-state index contributed by atoms with van der Waals surface area (Å²) in [5, 5.41) is 14.2. The highest BCUT2D eigenvalue weighted by atomic mass is 16.7. The molecule has 39 heavy (non-hydrogen) atoms. The molecule has 2 aromatic carbocycles. The van der Waals surface area contributed by atoms with E-state index in [1.807, 2.05) is 0 Å². The van der Waals surface area contributed by atoms with E-state index < -0.39 is 29.1 Å². The molecule has 0 radical (unpaired) electrons. The van der Waals surface area contributed by atoms with Crippen LogP contribution in [-0.4, -0.2) is 65.7 Å². The predicted octanol–water partition coefficient (Wildman–Crippen LogP) is 3.78. The van der Waals surface area contributed by atoms with Gasteiger partial charge in [0.2, 0.25) is 6.79 Å². The van der Waals surface area contributed by atoms with Crippen molar-refractivity contribution in [3.63, 3.8) is 0 Å². The Bertz CT molecular complexity index is 1340. The first-order valence-corrected chi connectivity index (χ1v) is 12.5. The van der Waals surface area contributed by atoms with Gasteiger partial charge in [0.05, 0.1) is 22.6 Å². The van der Waals surface area contributed by atoms with Crippen molar-refractivity contribution in [3.05, 3.63) is 75.0 Å². The van der Waals surface area contributed by atoms with Gasteiger partial charge in [0.25, 0.3) is 11.6 Å². The number of nitro benzene ring substituents is 1. The van der Waals surface area contributed by atoms with E-state index in [2.05, 4.69) is 5.32 Å². The number of carbonyl (C=O) groups is 3. The van der Waals surface area contributed by atoms with Crippen molar-refractivity contribution in [1.82, 2.24) is 15.1 Å². The lowest BCUT2D eigenvalue weighted by Crippen LogP contribution is -2.49. The Balaban J connectivity index is 1.55. The molecule has 2 aliphatic rings. The first kappa shape index (κ1) is 27.4. The van der Waals surface area contributed by atoms with Crippen molar-refractivity contribution >= 4 is 23.6 Å². The molecule has 1 N–H and O–H groups in total. The highest BCUT2D eigenvalue weighted by Gasteiger charge is 2.39. The third-order valence-electron chi connectivity index (χ3n) is 6.36. The first-order chi connectivity index (χ1) is 18.6. The number of fused-ring (bicyclic) bond motifs is 1. The molecule has 0 spiro atoms. The molecule has 0 aromatic heterocycles. The van der Waals surface area contributed by atoms with Crippen LogP contribution in [0.2, 0.25) is 0 Å². The molecule has 2 aliphatic heterocycles. The van der Waals surface area contributed by atoms with Gasteiger partial charge in [0.15, 0.2) is 11.5 Å². The van der Waals surface area contributed by atoms with E-state index >= 15 is 0 Å². The number of benzene rings is 2. The van der Waals surface area contributed by atoms with Gasteiger partial charge in [0.1, 0.15) is 0 Å². The number of allylic oxidation sites excluding steroid dienone is 1. The fourth-order valence-electron chi connectivity index (χ4n) is 4.54. The Morgan fingerprint density at radius 1 is 1.21 bits per heavy atom. The summed E-state index contributed by atoms with van der Waals surface area (Å²) in [4.78, 5) is 53.1. The number of hydrogen-bond acceptors (Lipinski definition) is 8. The molecule has 0 fully saturated rings. The third kappa shape index (κ3) is 5.95. The second kappa shape index (κ2) is 11.4. The second-order valence-corrected chi connectivity index (χ2v) is 9.52. The van der Waals surface area contributed by atoms with Crippen LogP contribution < -0.4 is 14.8 Å². The van der Waals surface area contributed by atoms with Gasteiger partial charge in [-0.25, -0.2) is 9.59 Å². The maximum Gasteiger partial charge on any atom is 0.338 e. The van der Waals surface area contributed by atoms with Crippen LogP contribution in [0.4, 0.5) is 10.5 Å². The standard InChI is InChI=1S/C27H30N4O8/c1-16(2)39-26(33)23-17(3)28-27(34)30(24(23)18-7-5-8-20(13-18)31(35)36)12-6-11-29(4)25(32)19-9-10-21-22(14-19)38-15-37-21/h5,7-10,13-14,16,24H,6,11-12,15H2,1-4H3,(H,28,34). The minimum atomic E-state index is -0.917. The SMILES string of the molecule is CC1=C(C(=O)OC(C)C)C(c2cccc([N+](=O)[O-])c2)N(CCCN(C)C(=O)c2ccc3c(c2)OCO3)C(=O)N1. The summed E-state index contributed by atoms with van der Waals surface area (Å²) in [6, 6.07) is 9.41. The van der Waals surface area contributed by atoms with Crippen LogP contribution in [0.25, 0.3) is 0 Å². The zero-order valence-electron chi connectivity index (χ0n) is 22.1. The van der Waals surface area contributed by atoms with E-state index in [1.165, 1.54) is 28.0 Å². The average molecular weight is 539 g/mol. The fraction of sp³-hybridized carbons (Fsp3) is 0.370. The molecule has 0 saturated heterocycles. The van der Waals surface area contributed by atoms with E-state index in [-0.39, 0.29) is 30.5 Å². The van der Waals surface area contributed by atoms with Crippen molar-refractivity contribution < 1.29 is 33.5 Å². The highest BCUT2D eigenvalue weighted by Crippen LogP contribution is 2.36. The van der Waals surface area contributed by atoms with Crippen LogP contribution in [0.15, 0.2) is 53.7 Å². The normalized spacial score (nSPS) is 16.3. The van der Waals surface area contributed by atoms with Crippen molar-refractivity contribution in [2.75, 3.05) is 26.9 Å². The number of non-ortho nitro benzene ring substituents is 1. The number of hydrogen-bond donors (Lipinski definition) is 1. The maximum atomic E-state index is 13.1. The van der Waals surface area contributed by atoms with E-state index in [1.54, 1.807) is 52.1 Å². The molecule has 3 amide bonds. The molecule has 0 bridgehead atoms. The van der Waals surface area contributed by atoms with Gasteiger partial charge < -0.3 is 29.3 Å². The molecule has 1 atom stereocenters. The smallest absolute Gasteiger partial charge is 0.338 e. The second-order valence-electron chi connectivity index (χ2n) is 9.52. The number of nitrogens with zero attached hydrogens (tertiary/aromatic N) is 3. The fourth-order valence-corrected chi connectivity index (χ4v) is 4.54. The number of nitrogens with one attached hydrogen (secondary N) is 1. The summed E-state index contributed by atoms with van der Waals surface area (Å²) in [6.45, 7) is 5.57. The number of ether oxygens (including phenoxy) is 3. The minimum Gasteiger partial charge on any atom is -0.459 e. The lowest BCUT2D eigenvalue weighted by molar-refractivity contribution is -0.384. The molecule has 0 saturated carbocycles. The zero-order chi connectivity index (χ0) is 28.3. The summed E-state index contributed by atoms with van der Waals surface area (Å²) in [7, 11) is 1.65. The van der Waals surface area contributed by atoms with E-state index in [9.17, 15) is 24.5 Å². The van der Waals surface area contributed by atoms with Crippen LogP contribution in [0.5, 0.6) is 11.5 Å². The van der Waals surface area contributed by atoms with Gasteiger partial charge in [-0.1, -0.05) is 12.1 Å². The molecule has 1 unspecified atom stereocenters. The minimum absolute atomic E-state index is 0.104. The predicted molar refractivity (Wildman–Crippen MR) is 139 cm³/mol. The molecule has 12 heteroatoms. The van der Waals surface area contributed by atoms with Crippen LogP contribution >= 0.6 is 0 Å². The summed E-state index contributed by atoms with van der Waals surface area (Å²) in [5.74, 6) is 0.220. The molecule has 2 aromatic rings. The van der Waals surface area contributed by atoms with Crippen LogP contribution in [0.3, 0.4) is 0 Å². The molecule has 4 rings (SSSR count).